The number of rotatable bonds is 16. The number of aliphatic hydroxyl groups is 3. The first-order valence-corrected chi connectivity index (χ1v) is 20.8. The summed E-state index contributed by atoms with van der Waals surface area (Å²) >= 11 is 0. The molecule has 2 aliphatic carbocycles. The van der Waals surface area contributed by atoms with Crippen LogP contribution in [0.1, 0.15) is 140 Å². The Hall–Kier alpha value is -2.93. The zero-order valence-electron chi connectivity index (χ0n) is 32.4. The highest BCUT2D eigenvalue weighted by atomic mass is 16.6. The molecule has 1 aromatic rings. The van der Waals surface area contributed by atoms with E-state index >= 15 is 4.79 Å². The molecule has 5 aliphatic rings. The van der Waals surface area contributed by atoms with Crippen LogP contribution in [-0.2, 0) is 23.9 Å². The van der Waals surface area contributed by atoms with E-state index in [1.807, 2.05) is 6.07 Å². The third-order valence-corrected chi connectivity index (χ3v) is 13.8. The Kier molecular flexibility index (Phi) is 13.5. The standard InChI is InChI=1S/C42H64N2O10/c1-26(47)8-9-28(6-5-22-45)35(53-27(2)48)24-36(54-40(51)42-17-4-3-7-30(42)10-15-37(50)44-42)41(18-20-43-21-19-41)33-13-11-31-29(16-23-46)25-52-39-34(49)14-12-32(33)38(31)39/h12,14,26,28-31,33,35-36,43,45-47,49H,3-11,13,15-25H2,1-2H3,(H,44,50)/t26-,28-,29+,30-,31-,33-,35-,36+,42-/m0/s1. The molecule has 0 unspecified atom stereocenters. The van der Waals surface area contributed by atoms with E-state index in [9.17, 15) is 30.0 Å². The predicted molar refractivity (Wildman–Crippen MR) is 201 cm³/mol. The van der Waals surface area contributed by atoms with Crippen LogP contribution in [0.5, 0.6) is 11.5 Å². The van der Waals surface area contributed by atoms with Gasteiger partial charge in [0.1, 0.15) is 17.7 Å². The van der Waals surface area contributed by atoms with Crippen molar-refractivity contribution in [2.75, 3.05) is 32.9 Å². The minimum Gasteiger partial charge on any atom is -0.504 e. The average molecular weight is 757 g/mol. The number of aliphatic hydroxyl groups excluding tert-OH is 3. The second-order valence-corrected chi connectivity index (χ2v) is 17.1. The number of phenols is 1. The Morgan fingerprint density at radius 1 is 1.00 bits per heavy atom. The quantitative estimate of drug-likeness (QED) is 0.128. The third kappa shape index (κ3) is 8.42. The summed E-state index contributed by atoms with van der Waals surface area (Å²) < 4.78 is 19.4. The summed E-state index contributed by atoms with van der Waals surface area (Å²) in [6, 6.07) is 3.71. The van der Waals surface area contributed by atoms with E-state index in [0.717, 1.165) is 43.2 Å². The van der Waals surface area contributed by atoms with E-state index in [0.29, 0.717) is 89.7 Å². The SMILES string of the molecule is CC(=O)O[C@@H](C[C@@H](OC(=O)[C@]12CCCC[C@H]1CCC(=O)N2)C1([C@H]2CC[C@@H]3c4c2ccc(O)c4OC[C@H]3CCO)CCNCC1)[C@@H](CCCO)CC[C@H](C)O. The van der Waals surface area contributed by atoms with Crippen LogP contribution >= 0.6 is 0 Å². The van der Waals surface area contributed by atoms with Crippen molar-refractivity contribution < 1.29 is 49.0 Å². The lowest BCUT2D eigenvalue weighted by molar-refractivity contribution is -0.182. The van der Waals surface area contributed by atoms with Crippen LogP contribution in [0.4, 0.5) is 0 Å². The molecule has 1 amide bonds. The number of carbonyl (C=O) groups is 3. The van der Waals surface area contributed by atoms with Gasteiger partial charge in [-0.15, -0.1) is 0 Å². The monoisotopic (exact) mass is 756 g/mol. The van der Waals surface area contributed by atoms with Gasteiger partial charge in [0.25, 0.3) is 0 Å². The Labute approximate surface area is 320 Å². The first kappa shape index (κ1) is 40.7. The number of carbonyl (C=O) groups excluding carboxylic acids is 3. The Morgan fingerprint density at radius 2 is 1.80 bits per heavy atom. The van der Waals surface area contributed by atoms with Gasteiger partial charge < -0.3 is 45.3 Å². The Balaban J connectivity index is 1.46. The number of hydrogen-bond acceptors (Lipinski definition) is 11. The lowest BCUT2D eigenvalue weighted by atomic mass is 9.56. The molecular weight excluding hydrogens is 692 g/mol. The molecule has 0 bridgehead atoms. The third-order valence-electron chi connectivity index (χ3n) is 13.8. The topological polar surface area (TPSA) is 184 Å². The van der Waals surface area contributed by atoms with E-state index in [2.05, 4.69) is 10.6 Å². The Bertz CT molecular complexity index is 1460. The molecule has 1 saturated carbocycles. The van der Waals surface area contributed by atoms with Crippen LogP contribution in [-0.4, -0.2) is 95.0 Å². The van der Waals surface area contributed by atoms with Gasteiger partial charge in [-0.2, -0.15) is 0 Å². The number of phenolic OH excluding ortho intramolecular Hbond substituents is 1. The van der Waals surface area contributed by atoms with Gasteiger partial charge in [0.15, 0.2) is 11.5 Å². The van der Waals surface area contributed by atoms with Crippen LogP contribution < -0.4 is 15.4 Å². The first-order chi connectivity index (χ1) is 26.0. The number of piperidine rings is 2. The van der Waals surface area contributed by atoms with Gasteiger partial charge in [-0.05, 0) is 132 Å². The van der Waals surface area contributed by atoms with Crippen molar-refractivity contribution in [2.24, 2.45) is 23.2 Å². The minimum absolute atomic E-state index is 0.0196. The molecule has 12 heteroatoms. The smallest absolute Gasteiger partial charge is 0.332 e. The molecule has 0 radical (unpaired) electrons. The number of benzene rings is 1. The van der Waals surface area contributed by atoms with Crippen molar-refractivity contribution in [3.05, 3.63) is 23.3 Å². The van der Waals surface area contributed by atoms with E-state index in [4.69, 9.17) is 14.2 Å². The second-order valence-electron chi connectivity index (χ2n) is 17.1. The predicted octanol–water partition coefficient (Wildman–Crippen LogP) is 4.74. The lowest BCUT2D eigenvalue weighted by Gasteiger charge is -2.54. The van der Waals surface area contributed by atoms with E-state index in [1.165, 1.54) is 6.92 Å². The average Bonchev–Trinajstić information content (AvgIpc) is 3.16. The van der Waals surface area contributed by atoms with Gasteiger partial charge in [-0.25, -0.2) is 4.79 Å². The van der Waals surface area contributed by atoms with Crippen molar-refractivity contribution in [1.29, 1.82) is 0 Å². The summed E-state index contributed by atoms with van der Waals surface area (Å²) in [6.07, 6.45) is 8.20. The second kappa shape index (κ2) is 17.9. The summed E-state index contributed by atoms with van der Waals surface area (Å²) in [5, 5.41) is 47.8. The molecule has 6 N–H and O–H groups in total. The molecule has 12 nitrogen and oxygen atoms in total. The van der Waals surface area contributed by atoms with E-state index in [-0.39, 0.29) is 60.9 Å². The van der Waals surface area contributed by atoms with Crippen LogP contribution in [0.15, 0.2) is 12.1 Å². The minimum atomic E-state index is -1.11. The number of esters is 2. The number of fused-ring (bicyclic) bond motifs is 1. The fourth-order valence-corrected chi connectivity index (χ4v) is 11.2. The maximum Gasteiger partial charge on any atom is 0.332 e. The molecule has 3 aliphatic heterocycles. The molecule has 0 aromatic heterocycles. The highest BCUT2D eigenvalue weighted by Crippen LogP contribution is 2.60. The van der Waals surface area contributed by atoms with E-state index < -0.39 is 41.2 Å². The van der Waals surface area contributed by atoms with Crippen LogP contribution in [0.3, 0.4) is 0 Å². The van der Waals surface area contributed by atoms with Gasteiger partial charge in [-0.3, -0.25) is 9.59 Å². The van der Waals surface area contributed by atoms with Crippen LogP contribution in [0, 0.1) is 23.2 Å². The van der Waals surface area contributed by atoms with Crippen molar-refractivity contribution in [3.8, 4) is 11.5 Å². The highest BCUT2D eigenvalue weighted by molar-refractivity contribution is 5.90. The zero-order chi connectivity index (χ0) is 38.5. The molecule has 1 aromatic carbocycles. The first-order valence-electron chi connectivity index (χ1n) is 20.8. The van der Waals surface area contributed by atoms with Crippen molar-refractivity contribution in [3.63, 3.8) is 0 Å². The molecule has 54 heavy (non-hydrogen) atoms. The molecule has 2 saturated heterocycles. The largest absolute Gasteiger partial charge is 0.504 e. The van der Waals surface area contributed by atoms with Gasteiger partial charge in [0.05, 0.1) is 12.7 Å². The molecule has 3 heterocycles. The molecule has 0 spiro atoms. The molecular formula is C42H64N2O10. The highest BCUT2D eigenvalue weighted by Gasteiger charge is 2.57. The Morgan fingerprint density at radius 3 is 2.52 bits per heavy atom. The van der Waals surface area contributed by atoms with Crippen molar-refractivity contribution in [2.45, 2.75) is 152 Å². The van der Waals surface area contributed by atoms with Gasteiger partial charge >= 0.3 is 11.9 Å². The van der Waals surface area contributed by atoms with Gasteiger partial charge in [0, 0.05) is 49.9 Å². The summed E-state index contributed by atoms with van der Waals surface area (Å²) in [6.45, 7) is 4.96. The maximum absolute atomic E-state index is 15.0. The summed E-state index contributed by atoms with van der Waals surface area (Å²) in [5.41, 5.74) is 0.336. The summed E-state index contributed by atoms with van der Waals surface area (Å²) in [5.74, 6) is -0.485. The zero-order valence-corrected chi connectivity index (χ0v) is 32.4. The van der Waals surface area contributed by atoms with Crippen LogP contribution in [0.2, 0.25) is 0 Å². The normalized spacial score (nSPS) is 29.6. The maximum atomic E-state index is 15.0. The number of amides is 1. The fourth-order valence-electron chi connectivity index (χ4n) is 11.2. The number of ether oxygens (including phenoxy) is 3. The molecule has 6 rings (SSSR count). The fraction of sp³-hybridized carbons (Fsp3) is 0.786. The molecule has 3 fully saturated rings. The number of aromatic hydroxyl groups is 1. The van der Waals surface area contributed by atoms with E-state index in [1.54, 1.807) is 13.0 Å². The van der Waals surface area contributed by atoms with Gasteiger partial charge in [0.2, 0.25) is 5.91 Å². The summed E-state index contributed by atoms with van der Waals surface area (Å²) in [7, 11) is 0. The van der Waals surface area contributed by atoms with Crippen molar-refractivity contribution in [1.82, 2.24) is 10.6 Å². The molecule has 302 valence electrons. The van der Waals surface area contributed by atoms with Gasteiger partial charge in [-0.1, -0.05) is 18.9 Å². The van der Waals surface area contributed by atoms with Crippen molar-refractivity contribution >= 4 is 17.8 Å². The molecule has 9 atom stereocenters. The van der Waals surface area contributed by atoms with Crippen LogP contribution in [0.25, 0.3) is 0 Å². The number of hydrogen-bond donors (Lipinski definition) is 6. The summed E-state index contributed by atoms with van der Waals surface area (Å²) in [4.78, 5) is 40.9. The lowest BCUT2D eigenvalue weighted by Crippen LogP contribution is -2.65. The number of nitrogens with one attached hydrogen (secondary N) is 2.